The Kier molecular flexibility index (Phi) is 7.75. The Bertz CT molecular complexity index is 1130. The summed E-state index contributed by atoms with van der Waals surface area (Å²) in [6.07, 6.45) is 0. The maximum Gasteiger partial charge on any atom is 0.335 e. The normalized spacial score (nSPS) is 10.3. The summed E-state index contributed by atoms with van der Waals surface area (Å²) in [5.74, 6) is 0.147. The van der Waals surface area contributed by atoms with Crippen molar-refractivity contribution in [1.82, 2.24) is 0 Å². The van der Waals surface area contributed by atoms with Crippen molar-refractivity contribution in [1.29, 1.82) is 0 Å². The number of hydrogen-bond donors (Lipinski definition) is 3. The van der Waals surface area contributed by atoms with Crippen LogP contribution >= 0.6 is 0 Å². The minimum Gasteiger partial charge on any atom is -0.495 e. The molecule has 0 radical (unpaired) electrons. The lowest BCUT2D eigenvalue weighted by Gasteiger charge is -2.14. The van der Waals surface area contributed by atoms with Crippen LogP contribution in [0.2, 0.25) is 0 Å². The molecule has 33 heavy (non-hydrogen) atoms. The number of benzene rings is 3. The van der Waals surface area contributed by atoms with Gasteiger partial charge < -0.3 is 30.0 Å². The van der Waals surface area contributed by atoms with Crippen molar-refractivity contribution in [3.05, 3.63) is 77.4 Å². The topological polar surface area (TPSA) is 106 Å². The first-order valence-electron chi connectivity index (χ1n) is 10.2. The summed E-state index contributed by atoms with van der Waals surface area (Å²) >= 11 is 0. The lowest BCUT2D eigenvalue weighted by molar-refractivity contribution is -0.118. The second kappa shape index (κ2) is 10.9. The first-order valence-corrected chi connectivity index (χ1v) is 10.2. The van der Waals surface area contributed by atoms with Crippen LogP contribution in [0.25, 0.3) is 0 Å². The van der Waals surface area contributed by atoms with Crippen molar-refractivity contribution in [2.45, 2.75) is 13.5 Å². The number of carbonyl (C=O) groups excluding carboxylic acids is 1. The molecule has 8 heteroatoms. The van der Waals surface area contributed by atoms with Crippen LogP contribution in [0.1, 0.15) is 21.5 Å². The van der Waals surface area contributed by atoms with Crippen LogP contribution in [-0.2, 0) is 11.3 Å². The van der Waals surface area contributed by atoms with Crippen molar-refractivity contribution in [3.8, 4) is 17.2 Å². The van der Waals surface area contributed by atoms with E-state index in [2.05, 4.69) is 10.6 Å². The zero-order valence-electron chi connectivity index (χ0n) is 18.7. The summed E-state index contributed by atoms with van der Waals surface area (Å²) < 4.78 is 16.3. The number of nitrogens with one attached hydrogen (secondary N) is 2. The Morgan fingerprint density at radius 3 is 2.24 bits per heavy atom. The highest BCUT2D eigenvalue weighted by Gasteiger charge is 2.11. The molecule has 172 valence electrons. The van der Waals surface area contributed by atoms with Gasteiger partial charge in [0.25, 0.3) is 5.91 Å². The largest absolute Gasteiger partial charge is 0.495 e. The number of carboxylic acid groups (broad SMARTS) is 1. The van der Waals surface area contributed by atoms with E-state index < -0.39 is 5.97 Å². The van der Waals surface area contributed by atoms with E-state index in [9.17, 15) is 14.7 Å². The third-order valence-corrected chi connectivity index (χ3v) is 4.85. The Hall–Kier alpha value is -4.20. The lowest BCUT2D eigenvalue weighted by Crippen LogP contribution is -2.20. The van der Waals surface area contributed by atoms with Crippen LogP contribution in [0.15, 0.2) is 60.7 Å². The molecule has 3 aromatic rings. The SMILES string of the molecule is COc1ccc(C(=O)O)cc1NCc1ccc(OCC(=O)Nc2ccc(C)cc2)c(OC)c1. The van der Waals surface area contributed by atoms with Gasteiger partial charge in [-0.15, -0.1) is 0 Å². The third-order valence-electron chi connectivity index (χ3n) is 4.85. The van der Waals surface area contributed by atoms with E-state index in [0.717, 1.165) is 11.1 Å². The van der Waals surface area contributed by atoms with Crippen molar-refractivity contribution < 1.29 is 28.9 Å². The van der Waals surface area contributed by atoms with Crippen LogP contribution in [0.3, 0.4) is 0 Å². The average molecular weight is 450 g/mol. The van der Waals surface area contributed by atoms with Gasteiger partial charge in [0.1, 0.15) is 5.75 Å². The molecule has 3 N–H and O–H groups in total. The van der Waals surface area contributed by atoms with Crippen molar-refractivity contribution in [3.63, 3.8) is 0 Å². The quantitative estimate of drug-likeness (QED) is 0.422. The predicted molar refractivity (Wildman–Crippen MR) is 126 cm³/mol. The predicted octanol–water partition coefficient (Wildman–Crippen LogP) is 4.34. The number of rotatable bonds is 10. The third kappa shape index (κ3) is 6.39. The molecular formula is C25H26N2O6. The summed E-state index contributed by atoms with van der Waals surface area (Å²) in [6.45, 7) is 2.20. The molecule has 3 aromatic carbocycles. The van der Waals surface area contributed by atoms with Crippen molar-refractivity contribution in [2.24, 2.45) is 0 Å². The summed E-state index contributed by atoms with van der Waals surface area (Å²) in [5.41, 5.74) is 3.39. The molecule has 3 rings (SSSR count). The maximum absolute atomic E-state index is 12.2. The number of aromatic carboxylic acids is 1. The van der Waals surface area contributed by atoms with Crippen LogP contribution in [0, 0.1) is 6.92 Å². The maximum atomic E-state index is 12.2. The van der Waals surface area contributed by atoms with Gasteiger partial charge in [-0.2, -0.15) is 0 Å². The molecule has 0 aliphatic carbocycles. The molecular weight excluding hydrogens is 424 g/mol. The molecule has 0 saturated carbocycles. The van der Waals surface area contributed by atoms with E-state index in [1.54, 1.807) is 18.2 Å². The van der Waals surface area contributed by atoms with Gasteiger partial charge >= 0.3 is 5.97 Å². The van der Waals surface area contributed by atoms with Gasteiger partial charge in [-0.05, 0) is 55.0 Å². The van der Waals surface area contributed by atoms with Gasteiger partial charge in [-0.25, -0.2) is 4.79 Å². The fraction of sp³-hybridized carbons (Fsp3) is 0.200. The number of hydrogen-bond acceptors (Lipinski definition) is 6. The second-order valence-electron chi connectivity index (χ2n) is 7.26. The van der Waals surface area contributed by atoms with E-state index >= 15 is 0 Å². The number of carbonyl (C=O) groups is 2. The highest BCUT2D eigenvalue weighted by Crippen LogP contribution is 2.30. The van der Waals surface area contributed by atoms with Crippen molar-refractivity contribution in [2.75, 3.05) is 31.5 Å². The molecule has 0 unspecified atom stereocenters. The molecule has 0 fully saturated rings. The zero-order chi connectivity index (χ0) is 23.8. The van der Waals surface area contributed by atoms with E-state index in [1.807, 2.05) is 37.3 Å². The monoisotopic (exact) mass is 450 g/mol. The summed E-state index contributed by atoms with van der Waals surface area (Å²) in [6, 6.07) is 17.4. The molecule has 0 aliphatic rings. The van der Waals surface area contributed by atoms with Gasteiger partial charge in [0.15, 0.2) is 18.1 Å². The summed E-state index contributed by atoms with van der Waals surface area (Å²) in [4.78, 5) is 23.4. The van der Waals surface area contributed by atoms with E-state index in [4.69, 9.17) is 14.2 Å². The molecule has 8 nitrogen and oxygen atoms in total. The highest BCUT2D eigenvalue weighted by atomic mass is 16.5. The van der Waals surface area contributed by atoms with Crippen LogP contribution in [0.5, 0.6) is 17.2 Å². The summed E-state index contributed by atoms with van der Waals surface area (Å²) in [5, 5.41) is 15.2. The number of methoxy groups -OCH3 is 2. The van der Waals surface area contributed by atoms with Gasteiger partial charge in [0.05, 0.1) is 25.5 Å². The molecule has 0 bridgehead atoms. The fourth-order valence-corrected chi connectivity index (χ4v) is 3.09. The first kappa shape index (κ1) is 23.5. The Morgan fingerprint density at radius 2 is 1.58 bits per heavy atom. The standard InChI is InChI=1S/C25H26N2O6/c1-16-4-8-19(9-5-16)27-24(28)15-33-22-10-6-17(12-23(22)32-3)14-26-20-13-18(25(29)30)7-11-21(20)31-2/h4-13,26H,14-15H2,1-3H3,(H,27,28)(H,29,30). The Morgan fingerprint density at radius 1 is 0.879 bits per heavy atom. The molecule has 0 heterocycles. The minimum atomic E-state index is -1.02. The second-order valence-corrected chi connectivity index (χ2v) is 7.26. The number of ether oxygens (including phenoxy) is 3. The number of aryl methyl sites for hydroxylation is 1. The number of amides is 1. The number of carboxylic acids is 1. The van der Waals surface area contributed by atoms with E-state index in [1.165, 1.54) is 26.4 Å². The van der Waals surface area contributed by atoms with Gasteiger partial charge in [-0.1, -0.05) is 23.8 Å². The van der Waals surface area contributed by atoms with Crippen LogP contribution < -0.4 is 24.8 Å². The lowest BCUT2D eigenvalue weighted by atomic mass is 10.1. The van der Waals surface area contributed by atoms with Crippen LogP contribution in [0.4, 0.5) is 11.4 Å². The highest BCUT2D eigenvalue weighted by molar-refractivity contribution is 5.92. The van der Waals surface area contributed by atoms with Gasteiger partial charge in [-0.3, -0.25) is 4.79 Å². The Balaban J connectivity index is 1.62. The first-order chi connectivity index (χ1) is 15.9. The molecule has 0 aromatic heterocycles. The smallest absolute Gasteiger partial charge is 0.335 e. The molecule has 0 spiro atoms. The van der Waals surface area contributed by atoms with E-state index in [0.29, 0.717) is 35.2 Å². The number of anilines is 2. The molecule has 1 amide bonds. The summed E-state index contributed by atoms with van der Waals surface area (Å²) in [7, 11) is 3.04. The fourth-order valence-electron chi connectivity index (χ4n) is 3.09. The van der Waals surface area contributed by atoms with Gasteiger partial charge in [0.2, 0.25) is 0 Å². The molecule has 0 atom stereocenters. The van der Waals surface area contributed by atoms with Crippen LogP contribution in [-0.4, -0.2) is 37.8 Å². The minimum absolute atomic E-state index is 0.156. The van der Waals surface area contributed by atoms with Crippen molar-refractivity contribution >= 4 is 23.3 Å². The molecule has 0 aliphatic heterocycles. The Labute approximate surface area is 192 Å². The van der Waals surface area contributed by atoms with Gasteiger partial charge in [0, 0.05) is 12.2 Å². The van der Waals surface area contributed by atoms with E-state index in [-0.39, 0.29) is 18.1 Å². The zero-order valence-corrected chi connectivity index (χ0v) is 18.7. The molecule has 0 saturated heterocycles. The average Bonchev–Trinajstić information content (AvgIpc) is 2.82.